The molecule has 0 aliphatic carbocycles. The van der Waals surface area contributed by atoms with Gasteiger partial charge in [-0.25, -0.2) is 0 Å². The van der Waals surface area contributed by atoms with Crippen molar-refractivity contribution < 1.29 is 0 Å². The molecule has 0 unspecified atom stereocenters. The Balaban J connectivity index is 2.43. The van der Waals surface area contributed by atoms with Gasteiger partial charge in [0.25, 0.3) is 0 Å². The third-order valence-corrected chi connectivity index (χ3v) is 6.78. The Morgan fingerprint density at radius 1 is 1.18 bits per heavy atom. The maximum atomic E-state index is 2.58. The van der Waals surface area contributed by atoms with Crippen LogP contribution < -0.4 is 0 Å². The molecule has 64 valence electrons. The Morgan fingerprint density at radius 3 is 2.36 bits per heavy atom. The summed E-state index contributed by atoms with van der Waals surface area (Å²) in [7, 11) is -0.838. The van der Waals surface area contributed by atoms with Gasteiger partial charge in [-0.05, 0) is 6.42 Å². The largest absolute Gasteiger partial charge is 0.0984 e. The van der Waals surface area contributed by atoms with E-state index in [1.165, 1.54) is 25.7 Å². The van der Waals surface area contributed by atoms with Crippen LogP contribution in [0.3, 0.4) is 0 Å². The highest BCUT2D eigenvalue weighted by molar-refractivity contribution is 6.83. The van der Waals surface area contributed by atoms with Gasteiger partial charge in [0.1, 0.15) is 0 Å². The van der Waals surface area contributed by atoms with Crippen molar-refractivity contribution in [3.63, 3.8) is 0 Å². The van der Waals surface area contributed by atoms with Gasteiger partial charge in [0.15, 0.2) is 0 Å². The number of hydrogen-bond donors (Lipinski definition) is 0. The van der Waals surface area contributed by atoms with E-state index in [1.54, 1.807) is 12.1 Å². The fourth-order valence-electron chi connectivity index (χ4n) is 1.93. The van der Waals surface area contributed by atoms with Crippen molar-refractivity contribution in [1.29, 1.82) is 0 Å². The molecule has 0 N–H and O–H groups in total. The lowest BCUT2D eigenvalue weighted by Gasteiger charge is -2.28. The molecular formula is C10H20Si. The predicted octanol–water partition coefficient (Wildman–Crippen LogP) is 3.75. The average molecular weight is 168 g/mol. The zero-order chi connectivity index (χ0) is 8.16. The van der Waals surface area contributed by atoms with Crippen LogP contribution >= 0.6 is 0 Å². The Kier molecular flexibility index (Phi) is 3.37. The van der Waals surface area contributed by atoms with Crippen molar-refractivity contribution in [2.45, 2.75) is 51.2 Å². The molecule has 0 aromatic heterocycles. The SMILES string of the molecule is CCC=C[Si]1(C)CCCCC1. The van der Waals surface area contributed by atoms with Gasteiger partial charge >= 0.3 is 0 Å². The van der Waals surface area contributed by atoms with Gasteiger partial charge in [0.2, 0.25) is 0 Å². The average Bonchev–Trinajstić information content (AvgIpc) is 2.03. The topological polar surface area (TPSA) is 0 Å². The van der Waals surface area contributed by atoms with Crippen molar-refractivity contribution in [2.75, 3.05) is 0 Å². The van der Waals surface area contributed by atoms with Crippen molar-refractivity contribution in [2.24, 2.45) is 0 Å². The van der Waals surface area contributed by atoms with E-state index in [0.717, 1.165) is 0 Å². The maximum Gasteiger partial charge on any atom is 0.0743 e. The molecule has 1 saturated heterocycles. The lowest BCUT2D eigenvalue weighted by Crippen LogP contribution is -2.29. The molecule has 11 heavy (non-hydrogen) atoms. The molecular weight excluding hydrogens is 148 g/mol. The van der Waals surface area contributed by atoms with Gasteiger partial charge in [-0.3, -0.25) is 0 Å². The molecule has 0 aromatic rings. The summed E-state index contributed by atoms with van der Waals surface area (Å²) in [5.41, 5.74) is 2.58. The highest BCUT2D eigenvalue weighted by Gasteiger charge is 2.25. The summed E-state index contributed by atoms with van der Waals surface area (Å²) in [6.45, 7) is 4.77. The maximum absolute atomic E-state index is 2.58. The number of rotatable bonds is 2. The van der Waals surface area contributed by atoms with Crippen LogP contribution in [0.1, 0.15) is 32.6 Å². The van der Waals surface area contributed by atoms with Crippen LogP contribution in [-0.2, 0) is 0 Å². The van der Waals surface area contributed by atoms with E-state index >= 15 is 0 Å². The van der Waals surface area contributed by atoms with E-state index in [4.69, 9.17) is 0 Å². The molecule has 1 fully saturated rings. The van der Waals surface area contributed by atoms with Crippen LogP contribution in [0.5, 0.6) is 0 Å². The van der Waals surface area contributed by atoms with E-state index in [2.05, 4.69) is 25.2 Å². The van der Waals surface area contributed by atoms with E-state index < -0.39 is 8.07 Å². The summed E-state index contributed by atoms with van der Waals surface area (Å²) >= 11 is 0. The number of allylic oxidation sites excluding steroid dienone is 1. The van der Waals surface area contributed by atoms with E-state index in [0.29, 0.717) is 0 Å². The van der Waals surface area contributed by atoms with Crippen LogP contribution in [0.2, 0.25) is 18.6 Å². The summed E-state index contributed by atoms with van der Waals surface area (Å²) in [6.07, 6.45) is 8.09. The van der Waals surface area contributed by atoms with Gasteiger partial charge in [0, 0.05) is 0 Å². The molecule has 0 atom stereocenters. The highest BCUT2D eigenvalue weighted by Crippen LogP contribution is 2.29. The Hall–Kier alpha value is -0.0431. The second kappa shape index (κ2) is 4.10. The molecule has 0 amide bonds. The quantitative estimate of drug-likeness (QED) is 0.551. The third-order valence-electron chi connectivity index (χ3n) is 2.75. The Labute approximate surface area is 71.7 Å². The summed E-state index contributed by atoms with van der Waals surface area (Å²) in [4.78, 5) is 0. The summed E-state index contributed by atoms with van der Waals surface area (Å²) in [5, 5.41) is 0. The minimum Gasteiger partial charge on any atom is -0.0984 e. The highest BCUT2D eigenvalue weighted by atomic mass is 28.3. The van der Waals surface area contributed by atoms with Gasteiger partial charge < -0.3 is 0 Å². The standard InChI is InChI=1S/C10H20Si/c1-3-4-8-11(2)9-6-5-7-10-11/h4,8H,3,5-7,9-10H2,1-2H3. The Morgan fingerprint density at radius 2 is 1.82 bits per heavy atom. The minimum atomic E-state index is -0.838. The van der Waals surface area contributed by atoms with Gasteiger partial charge in [0.05, 0.1) is 8.07 Å². The summed E-state index contributed by atoms with van der Waals surface area (Å²) in [6, 6.07) is 3.09. The van der Waals surface area contributed by atoms with Crippen molar-refractivity contribution >= 4 is 8.07 Å². The first-order chi connectivity index (χ1) is 5.27. The lowest BCUT2D eigenvalue weighted by atomic mass is 10.3. The van der Waals surface area contributed by atoms with Gasteiger partial charge in [-0.1, -0.05) is 56.6 Å². The third kappa shape index (κ3) is 2.82. The molecule has 1 heteroatoms. The van der Waals surface area contributed by atoms with Crippen molar-refractivity contribution in [3.05, 3.63) is 11.8 Å². The summed E-state index contributed by atoms with van der Waals surface area (Å²) < 4.78 is 0. The van der Waals surface area contributed by atoms with Crippen molar-refractivity contribution in [3.8, 4) is 0 Å². The monoisotopic (exact) mass is 168 g/mol. The second-order valence-electron chi connectivity index (χ2n) is 4.03. The molecule has 0 radical (unpaired) electrons. The summed E-state index contributed by atoms with van der Waals surface area (Å²) in [5.74, 6) is 0. The first kappa shape index (κ1) is 9.05. The van der Waals surface area contributed by atoms with Crippen LogP contribution in [-0.4, -0.2) is 8.07 Å². The lowest BCUT2D eigenvalue weighted by molar-refractivity contribution is 0.716. The number of hydrogen-bond acceptors (Lipinski definition) is 0. The fraction of sp³-hybridized carbons (Fsp3) is 0.800. The minimum absolute atomic E-state index is 0.838. The predicted molar refractivity (Wildman–Crippen MR) is 54.5 cm³/mol. The van der Waals surface area contributed by atoms with Gasteiger partial charge in [-0.2, -0.15) is 0 Å². The first-order valence-electron chi connectivity index (χ1n) is 4.94. The van der Waals surface area contributed by atoms with Crippen LogP contribution in [0, 0.1) is 0 Å². The van der Waals surface area contributed by atoms with Gasteiger partial charge in [-0.15, -0.1) is 0 Å². The normalized spacial score (nSPS) is 24.2. The molecule has 0 bridgehead atoms. The molecule has 1 aliphatic heterocycles. The van der Waals surface area contributed by atoms with E-state index in [9.17, 15) is 0 Å². The fourth-order valence-corrected chi connectivity index (χ4v) is 5.43. The van der Waals surface area contributed by atoms with Crippen LogP contribution in [0.4, 0.5) is 0 Å². The second-order valence-corrected chi connectivity index (χ2v) is 8.67. The molecule has 0 spiro atoms. The smallest absolute Gasteiger partial charge is 0.0743 e. The molecule has 1 aliphatic rings. The molecule has 1 heterocycles. The van der Waals surface area contributed by atoms with Crippen molar-refractivity contribution in [1.82, 2.24) is 0 Å². The Bertz CT molecular complexity index is 132. The zero-order valence-electron chi connectivity index (χ0n) is 7.90. The molecule has 0 saturated carbocycles. The zero-order valence-corrected chi connectivity index (χ0v) is 8.90. The van der Waals surface area contributed by atoms with E-state index in [1.807, 2.05) is 0 Å². The molecule has 0 nitrogen and oxygen atoms in total. The van der Waals surface area contributed by atoms with Crippen LogP contribution in [0.15, 0.2) is 11.8 Å². The first-order valence-corrected chi connectivity index (χ1v) is 7.94. The van der Waals surface area contributed by atoms with Crippen LogP contribution in [0.25, 0.3) is 0 Å². The molecule has 0 aromatic carbocycles. The van der Waals surface area contributed by atoms with E-state index in [-0.39, 0.29) is 0 Å². The molecule has 1 rings (SSSR count).